The number of amides is 1. The molecule has 1 aromatic heterocycles. The maximum absolute atomic E-state index is 11.8. The summed E-state index contributed by atoms with van der Waals surface area (Å²) in [4.78, 5) is 17.1. The van der Waals surface area contributed by atoms with Crippen molar-refractivity contribution in [3.8, 4) is 0 Å². The molecule has 1 unspecified atom stereocenters. The van der Waals surface area contributed by atoms with Gasteiger partial charge in [-0.2, -0.15) is 0 Å². The Hall–Kier alpha value is -1.62. The van der Waals surface area contributed by atoms with Gasteiger partial charge >= 0.3 is 0 Å². The number of rotatable bonds is 3. The zero-order valence-electron chi connectivity index (χ0n) is 8.84. The molecule has 15 heavy (non-hydrogen) atoms. The molecule has 1 atom stereocenters. The third kappa shape index (κ3) is 2.66. The summed E-state index contributed by atoms with van der Waals surface area (Å²) in [5.74, 6) is -0.225. The van der Waals surface area contributed by atoms with Gasteiger partial charge in [-0.15, -0.1) is 0 Å². The lowest BCUT2D eigenvalue weighted by Crippen LogP contribution is -2.37. The lowest BCUT2D eigenvalue weighted by Gasteiger charge is -2.22. The number of aliphatic hydroxyl groups excluding tert-OH is 1. The summed E-state index contributed by atoms with van der Waals surface area (Å²) in [6, 6.07) is 2.97. The summed E-state index contributed by atoms with van der Waals surface area (Å²) >= 11 is 0. The number of anilines is 1. The van der Waals surface area contributed by atoms with E-state index in [4.69, 9.17) is 10.8 Å². The van der Waals surface area contributed by atoms with Crippen molar-refractivity contribution in [1.82, 2.24) is 9.88 Å². The summed E-state index contributed by atoms with van der Waals surface area (Å²) < 4.78 is 0. The van der Waals surface area contributed by atoms with Crippen LogP contribution in [0, 0.1) is 0 Å². The van der Waals surface area contributed by atoms with Gasteiger partial charge in [0, 0.05) is 7.05 Å². The lowest BCUT2D eigenvalue weighted by molar-refractivity contribution is 0.0676. The summed E-state index contributed by atoms with van der Waals surface area (Å²) in [7, 11) is 1.63. The number of nitrogens with zero attached hydrogens (tertiary/aromatic N) is 2. The molecule has 0 aliphatic rings. The molecular weight excluding hydrogens is 194 g/mol. The number of likely N-dealkylation sites (N-methyl/N-ethyl adjacent to an activating group) is 1. The van der Waals surface area contributed by atoms with Crippen LogP contribution in [0.2, 0.25) is 0 Å². The van der Waals surface area contributed by atoms with E-state index in [-0.39, 0.29) is 18.6 Å². The SMILES string of the molecule is CC(CO)N(C)C(=O)c1ccc(N)cn1. The van der Waals surface area contributed by atoms with Gasteiger partial charge in [0.2, 0.25) is 0 Å². The van der Waals surface area contributed by atoms with Gasteiger partial charge in [0.1, 0.15) is 5.69 Å². The van der Waals surface area contributed by atoms with E-state index in [9.17, 15) is 4.79 Å². The van der Waals surface area contributed by atoms with Gasteiger partial charge < -0.3 is 15.7 Å². The number of aliphatic hydroxyl groups is 1. The molecule has 1 rings (SSSR count). The van der Waals surface area contributed by atoms with Crippen LogP contribution in [0.25, 0.3) is 0 Å². The fourth-order valence-electron chi connectivity index (χ4n) is 1.04. The summed E-state index contributed by atoms with van der Waals surface area (Å²) in [5.41, 5.74) is 6.31. The molecule has 1 amide bonds. The minimum atomic E-state index is -0.225. The van der Waals surface area contributed by atoms with Crippen molar-refractivity contribution in [1.29, 1.82) is 0 Å². The van der Waals surface area contributed by atoms with Crippen molar-refractivity contribution < 1.29 is 9.90 Å². The molecule has 0 aliphatic heterocycles. The summed E-state index contributed by atoms with van der Waals surface area (Å²) in [6.07, 6.45) is 1.44. The molecule has 3 N–H and O–H groups in total. The molecule has 0 aromatic carbocycles. The Morgan fingerprint density at radius 1 is 1.67 bits per heavy atom. The number of hydrogen-bond donors (Lipinski definition) is 2. The second kappa shape index (κ2) is 4.75. The van der Waals surface area contributed by atoms with E-state index >= 15 is 0 Å². The molecule has 0 fully saturated rings. The standard InChI is InChI=1S/C10H15N3O2/c1-7(6-14)13(2)10(15)9-4-3-8(11)5-12-9/h3-5,7,14H,6,11H2,1-2H3. The first-order chi connectivity index (χ1) is 7.06. The van der Waals surface area contributed by atoms with Gasteiger partial charge in [-0.3, -0.25) is 4.79 Å². The fourth-order valence-corrected chi connectivity index (χ4v) is 1.04. The maximum atomic E-state index is 11.8. The van der Waals surface area contributed by atoms with Crippen LogP contribution in [-0.2, 0) is 0 Å². The van der Waals surface area contributed by atoms with Gasteiger partial charge in [0.05, 0.1) is 24.5 Å². The van der Waals surface area contributed by atoms with Crippen LogP contribution < -0.4 is 5.73 Å². The molecule has 0 saturated heterocycles. The van der Waals surface area contributed by atoms with Crippen molar-refractivity contribution >= 4 is 11.6 Å². The number of pyridine rings is 1. The van der Waals surface area contributed by atoms with E-state index in [0.717, 1.165) is 0 Å². The Kier molecular flexibility index (Phi) is 3.62. The van der Waals surface area contributed by atoms with Crippen molar-refractivity contribution in [2.24, 2.45) is 0 Å². The molecular formula is C10H15N3O2. The van der Waals surface area contributed by atoms with Crippen LogP contribution in [0.15, 0.2) is 18.3 Å². The Balaban J connectivity index is 2.80. The van der Waals surface area contributed by atoms with Gasteiger partial charge in [-0.25, -0.2) is 4.98 Å². The van der Waals surface area contributed by atoms with E-state index in [1.165, 1.54) is 11.1 Å². The van der Waals surface area contributed by atoms with Crippen LogP contribution in [0.3, 0.4) is 0 Å². The van der Waals surface area contributed by atoms with Gasteiger partial charge in [0.15, 0.2) is 0 Å². The molecule has 82 valence electrons. The van der Waals surface area contributed by atoms with E-state index in [1.807, 2.05) is 0 Å². The highest BCUT2D eigenvalue weighted by Crippen LogP contribution is 2.06. The van der Waals surface area contributed by atoms with E-state index in [2.05, 4.69) is 4.98 Å². The van der Waals surface area contributed by atoms with E-state index < -0.39 is 0 Å². The lowest BCUT2D eigenvalue weighted by atomic mass is 10.2. The first kappa shape index (κ1) is 11.5. The predicted octanol–water partition coefficient (Wildman–Crippen LogP) is 0.117. The van der Waals surface area contributed by atoms with E-state index in [0.29, 0.717) is 11.4 Å². The Bertz CT molecular complexity index is 337. The number of nitrogens with two attached hydrogens (primary N) is 1. The Morgan fingerprint density at radius 3 is 2.80 bits per heavy atom. The minimum absolute atomic E-state index is 0.0722. The number of carbonyl (C=O) groups is 1. The topological polar surface area (TPSA) is 79.5 Å². The van der Waals surface area contributed by atoms with Gasteiger partial charge in [-0.1, -0.05) is 0 Å². The highest BCUT2D eigenvalue weighted by Gasteiger charge is 2.17. The van der Waals surface area contributed by atoms with Crippen molar-refractivity contribution in [2.75, 3.05) is 19.4 Å². The van der Waals surface area contributed by atoms with Crippen LogP contribution >= 0.6 is 0 Å². The molecule has 0 radical (unpaired) electrons. The quantitative estimate of drug-likeness (QED) is 0.740. The van der Waals surface area contributed by atoms with Crippen LogP contribution in [0.1, 0.15) is 17.4 Å². The highest BCUT2D eigenvalue weighted by molar-refractivity contribution is 5.92. The molecule has 0 spiro atoms. The minimum Gasteiger partial charge on any atom is -0.397 e. The smallest absolute Gasteiger partial charge is 0.272 e. The maximum Gasteiger partial charge on any atom is 0.272 e. The Morgan fingerprint density at radius 2 is 2.33 bits per heavy atom. The van der Waals surface area contributed by atoms with E-state index in [1.54, 1.807) is 26.1 Å². The number of carbonyl (C=O) groups excluding carboxylic acids is 1. The van der Waals surface area contributed by atoms with Crippen LogP contribution in [0.5, 0.6) is 0 Å². The molecule has 0 bridgehead atoms. The predicted molar refractivity (Wildman–Crippen MR) is 57.3 cm³/mol. The molecule has 5 nitrogen and oxygen atoms in total. The third-order valence-corrected chi connectivity index (χ3v) is 2.25. The Labute approximate surface area is 88.5 Å². The highest BCUT2D eigenvalue weighted by atomic mass is 16.3. The second-order valence-corrected chi connectivity index (χ2v) is 3.42. The normalized spacial score (nSPS) is 12.2. The number of nitrogen functional groups attached to an aromatic ring is 1. The van der Waals surface area contributed by atoms with Crippen LogP contribution in [-0.4, -0.2) is 40.6 Å². The monoisotopic (exact) mass is 209 g/mol. The van der Waals surface area contributed by atoms with Gasteiger partial charge in [-0.05, 0) is 19.1 Å². The number of hydrogen-bond acceptors (Lipinski definition) is 4. The fraction of sp³-hybridized carbons (Fsp3) is 0.400. The molecule has 5 heteroatoms. The van der Waals surface area contributed by atoms with Crippen molar-refractivity contribution in [2.45, 2.75) is 13.0 Å². The first-order valence-electron chi connectivity index (χ1n) is 4.65. The molecule has 0 aliphatic carbocycles. The van der Waals surface area contributed by atoms with Crippen molar-refractivity contribution in [3.05, 3.63) is 24.0 Å². The van der Waals surface area contributed by atoms with Gasteiger partial charge in [0.25, 0.3) is 5.91 Å². The third-order valence-electron chi connectivity index (χ3n) is 2.25. The largest absolute Gasteiger partial charge is 0.397 e. The number of aromatic nitrogens is 1. The summed E-state index contributed by atoms with van der Waals surface area (Å²) in [5, 5.41) is 8.91. The average Bonchev–Trinajstić information content (AvgIpc) is 2.27. The average molecular weight is 209 g/mol. The second-order valence-electron chi connectivity index (χ2n) is 3.42. The first-order valence-corrected chi connectivity index (χ1v) is 4.65. The van der Waals surface area contributed by atoms with Crippen LogP contribution in [0.4, 0.5) is 5.69 Å². The molecule has 1 aromatic rings. The zero-order valence-corrected chi connectivity index (χ0v) is 8.84. The van der Waals surface area contributed by atoms with Crippen molar-refractivity contribution in [3.63, 3.8) is 0 Å². The molecule has 0 saturated carbocycles. The summed E-state index contributed by atoms with van der Waals surface area (Å²) in [6.45, 7) is 1.69. The zero-order chi connectivity index (χ0) is 11.4. The molecule has 1 heterocycles.